The summed E-state index contributed by atoms with van der Waals surface area (Å²) in [7, 11) is 0. The Hall–Kier alpha value is 0.620. The molecular weight excluding hydrogens is 224 g/mol. The maximum absolute atomic E-state index is 3.71. The van der Waals surface area contributed by atoms with E-state index in [2.05, 4.69) is 33.7 Å². The standard InChI is InChI=1S/C11H22N2S2/c1-7-14-8-2-11(1)12-3-4-13-5-9-15-10-6-13/h11-12H,1-10H2. The van der Waals surface area contributed by atoms with E-state index in [1.807, 2.05) is 0 Å². The Balaban J connectivity index is 1.53. The summed E-state index contributed by atoms with van der Waals surface area (Å²) < 4.78 is 0. The van der Waals surface area contributed by atoms with Crippen LogP contribution in [0.15, 0.2) is 0 Å². The van der Waals surface area contributed by atoms with Crippen molar-refractivity contribution in [3.8, 4) is 0 Å². The van der Waals surface area contributed by atoms with Crippen LogP contribution in [0, 0.1) is 0 Å². The van der Waals surface area contributed by atoms with E-state index in [0.717, 1.165) is 6.04 Å². The smallest absolute Gasteiger partial charge is 0.0108 e. The number of rotatable bonds is 4. The van der Waals surface area contributed by atoms with E-state index < -0.39 is 0 Å². The predicted molar refractivity (Wildman–Crippen MR) is 72.1 cm³/mol. The second-order valence-corrected chi connectivity index (χ2v) is 6.74. The molecule has 88 valence electrons. The average molecular weight is 246 g/mol. The first kappa shape index (κ1) is 12.1. The van der Waals surface area contributed by atoms with Crippen LogP contribution in [0.1, 0.15) is 12.8 Å². The van der Waals surface area contributed by atoms with Gasteiger partial charge in [-0.15, -0.1) is 0 Å². The Kier molecular flexibility index (Phi) is 5.68. The largest absolute Gasteiger partial charge is 0.313 e. The highest BCUT2D eigenvalue weighted by atomic mass is 32.2. The zero-order chi connectivity index (χ0) is 10.3. The van der Waals surface area contributed by atoms with Crippen molar-refractivity contribution in [1.82, 2.24) is 10.2 Å². The molecule has 0 spiro atoms. The molecule has 0 saturated carbocycles. The van der Waals surface area contributed by atoms with Crippen molar-refractivity contribution in [2.75, 3.05) is 49.2 Å². The maximum atomic E-state index is 3.71. The summed E-state index contributed by atoms with van der Waals surface area (Å²) in [4.78, 5) is 2.60. The first-order chi connectivity index (χ1) is 7.45. The van der Waals surface area contributed by atoms with Gasteiger partial charge in [0.15, 0.2) is 0 Å². The van der Waals surface area contributed by atoms with E-state index in [0.29, 0.717) is 0 Å². The third kappa shape index (κ3) is 4.55. The second-order valence-electron chi connectivity index (χ2n) is 4.29. The summed E-state index contributed by atoms with van der Waals surface area (Å²) in [6.07, 6.45) is 2.75. The molecule has 0 radical (unpaired) electrons. The summed E-state index contributed by atoms with van der Waals surface area (Å²) >= 11 is 4.20. The summed E-state index contributed by atoms with van der Waals surface area (Å²) in [5, 5.41) is 3.71. The molecule has 2 heterocycles. The highest BCUT2D eigenvalue weighted by molar-refractivity contribution is 7.99. The molecule has 15 heavy (non-hydrogen) atoms. The summed E-state index contributed by atoms with van der Waals surface area (Å²) in [5.41, 5.74) is 0. The van der Waals surface area contributed by atoms with E-state index >= 15 is 0 Å². The van der Waals surface area contributed by atoms with Crippen LogP contribution in [0.5, 0.6) is 0 Å². The Bertz CT molecular complexity index is 148. The molecular formula is C11H22N2S2. The van der Waals surface area contributed by atoms with Gasteiger partial charge < -0.3 is 10.2 Å². The fourth-order valence-electron chi connectivity index (χ4n) is 2.15. The lowest BCUT2D eigenvalue weighted by molar-refractivity contribution is 0.293. The molecule has 0 aromatic heterocycles. The molecule has 0 aromatic rings. The van der Waals surface area contributed by atoms with Gasteiger partial charge in [0.25, 0.3) is 0 Å². The molecule has 2 fully saturated rings. The molecule has 0 unspecified atom stereocenters. The van der Waals surface area contributed by atoms with Crippen molar-refractivity contribution >= 4 is 23.5 Å². The molecule has 4 heteroatoms. The molecule has 0 amide bonds. The van der Waals surface area contributed by atoms with E-state index in [-0.39, 0.29) is 0 Å². The number of hydrogen-bond acceptors (Lipinski definition) is 4. The van der Waals surface area contributed by atoms with E-state index in [1.165, 1.54) is 62.0 Å². The van der Waals surface area contributed by atoms with Gasteiger partial charge in [-0.3, -0.25) is 0 Å². The lowest BCUT2D eigenvalue weighted by Gasteiger charge is -2.28. The third-order valence-electron chi connectivity index (χ3n) is 3.19. The lowest BCUT2D eigenvalue weighted by atomic mass is 10.1. The van der Waals surface area contributed by atoms with Crippen LogP contribution < -0.4 is 5.32 Å². The molecule has 2 aliphatic rings. The first-order valence-electron chi connectivity index (χ1n) is 6.06. The number of nitrogens with one attached hydrogen (secondary N) is 1. The molecule has 2 aliphatic heterocycles. The van der Waals surface area contributed by atoms with Crippen molar-refractivity contribution in [3.05, 3.63) is 0 Å². The zero-order valence-electron chi connectivity index (χ0n) is 9.41. The predicted octanol–water partition coefficient (Wildman–Crippen LogP) is 1.52. The Morgan fingerprint density at radius 1 is 1.00 bits per heavy atom. The van der Waals surface area contributed by atoms with Gasteiger partial charge >= 0.3 is 0 Å². The van der Waals surface area contributed by atoms with Crippen LogP contribution in [0.4, 0.5) is 0 Å². The van der Waals surface area contributed by atoms with Crippen LogP contribution in [0.25, 0.3) is 0 Å². The average Bonchev–Trinajstić information content (AvgIpc) is 2.32. The van der Waals surface area contributed by atoms with Gasteiger partial charge in [0.1, 0.15) is 0 Å². The van der Waals surface area contributed by atoms with Crippen molar-refractivity contribution in [1.29, 1.82) is 0 Å². The Morgan fingerprint density at radius 3 is 2.40 bits per heavy atom. The maximum Gasteiger partial charge on any atom is 0.0108 e. The highest BCUT2D eigenvalue weighted by Crippen LogP contribution is 2.16. The number of hydrogen-bond donors (Lipinski definition) is 1. The minimum atomic E-state index is 0.811. The quantitative estimate of drug-likeness (QED) is 0.809. The third-order valence-corrected chi connectivity index (χ3v) is 5.18. The summed E-state index contributed by atoms with van der Waals surface area (Å²) in [5.74, 6) is 5.39. The fourth-order valence-corrected chi connectivity index (χ4v) is 4.24. The lowest BCUT2D eigenvalue weighted by Crippen LogP contribution is -2.41. The van der Waals surface area contributed by atoms with E-state index in [4.69, 9.17) is 0 Å². The van der Waals surface area contributed by atoms with Crippen LogP contribution in [-0.4, -0.2) is 60.1 Å². The first-order valence-corrected chi connectivity index (χ1v) is 8.37. The van der Waals surface area contributed by atoms with Crippen molar-refractivity contribution in [2.24, 2.45) is 0 Å². The van der Waals surface area contributed by atoms with Crippen molar-refractivity contribution in [2.45, 2.75) is 18.9 Å². The number of nitrogens with zero attached hydrogens (tertiary/aromatic N) is 1. The molecule has 2 saturated heterocycles. The molecule has 2 rings (SSSR count). The van der Waals surface area contributed by atoms with Crippen LogP contribution in [0.3, 0.4) is 0 Å². The highest BCUT2D eigenvalue weighted by Gasteiger charge is 2.14. The topological polar surface area (TPSA) is 15.3 Å². The molecule has 0 aliphatic carbocycles. The SMILES string of the molecule is C(CN1CCSCC1)NC1CCSCC1. The minimum absolute atomic E-state index is 0.811. The fraction of sp³-hybridized carbons (Fsp3) is 1.00. The number of thioether (sulfide) groups is 2. The Labute approximate surface area is 102 Å². The van der Waals surface area contributed by atoms with Crippen LogP contribution >= 0.6 is 23.5 Å². The molecule has 0 atom stereocenters. The van der Waals surface area contributed by atoms with Gasteiger partial charge in [0.05, 0.1) is 0 Å². The molecule has 2 nitrogen and oxygen atoms in total. The summed E-state index contributed by atoms with van der Waals surface area (Å²) in [6.45, 7) is 5.05. The van der Waals surface area contributed by atoms with E-state index in [1.54, 1.807) is 0 Å². The second kappa shape index (κ2) is 7.05. The van der Waals surface area contributed by atoms with Crippen LogP contribution in [-0.2, 0) is 0 Å². The van der Waals surface area contributed by atoms with Gasteiger partial charge in [0, 0.05) is 43.7 Å². The molecule has 0 bridgehead atoms. The van der Waals surface area contributed by atoms with Crippen molar-refractivity contribution in [3.63, 3.8) is 0 Å². The van der Waals surface area contributed by atoms with Gasteiger partial charge in [-0.05, 0) is 24.3 Å². The normalized spacial score (nSPS) is 25.6. The monoisotopic (exact) mass is 246 g/mol. The van der Waals surface area contributed by atoms with Gasteiger partial charge in [-0.2, -0.15) is 23.5 Å². The van der Waals surface area contributed by atoms with Crippen LogP contribution in [0.2, 0.25) is 0 Å². The summed E-state index contributed by atoms with van der Waals surface area (Å²) in [6, 6.07) is 0.811. The molecule has 1 N–H and O–H groups in total. The van der Waals surface area contributed by atoms with Gasteiger partial charge in [-0.25, -0.2) is 0 Å². The molecule has 0 aromatic carbocycles. The minimum Gasteiger partial charge on any atom is -0.313 e. The zero-order valence-corrected chi connectivity index (χ0v) is 11.0. The van der Waals surface area contributed by atoms with Crippen molar-refractivity contribution < 1.29 is 0 Å². The van der Waals surface area contributed by atoms with Gasteiger partial charge in [0.2, 0.25) is 0 Å². The van der Waals surface area contributed by atoms with E-state index in [9.17, 15) is 0 Å². The Morgan fingerprint density at radius 2 is 1.67 bits per heavy atom. The van der Waals surface area contributed by atoms with Gasteiger partial charge in [-0.1, -0.05) is 0 Å².